The highest BCUT2D eigenvalue weighted by atomic mass is 19.4. The zero-order chi connectivity index (χ0) is 25.3. The van der Waals surface area contributed by atoms with Crippen molar-refractivity contribution < 1.29 is 27.2 Å². The minimum Gasteiger partial charge on any atom is -0.376 e. The lowest BCUT2D eigenvalue weighted by atomic mass is 10.00. The number of fused-ring (bicyclic) bond motifs is 1. The highest BCUT2D eigenvalue weighted by molar-refractivity contribution is 6.07. The number of carbonyl (C=O) groups excluding carboxylic acids is 1. The molecule has 1 aliphatic rings. The van der Waals surface area contributed by atoms with Crippen LogP contribution in [0.1, 0.15) is 40.0 Å². The summed E-state index contributed by atoms with van der Waals surface area (Å²) < 4.78 is 52.3. The number of amides is 1. The van der Waals surface area contributed by atoms with Crippen LogP contribution in [0.25, 0.3) is 22.4 Å². The van der Waals surface area contributed by atoms with E-state index in [2.05, 4.69) is 15.1 Å². The number of rotatable bonds is 6. The Morgan fingerprint density at radius 3 is 2.75 bits per heavy atom. The van der Waals surface area contributed by atoms with Crippen molar-refractivity contribution in [2.45, 2.75) is 38.6 Å². The van der Waals surface area contributed by atoms with Crippen molar-refractivity contribution in [3.63, 3.8) is 0 Å². The number of halogens is 3. The number of pyridine rings is 2. The Hall–Kier alpha value is -3.79. The molecule has 1 aliphatic heterocycles. The van der Waals surface area contributed by atoms with Gasteiger partial charge in [0.05, 0.1) is 34.0 Å². The van der Waals surface area contributed by atoms with E-state index in [1.54, 1.807) is 30.3 Å². The minimum absolute atomic E-state index is 0.00349. The molecule has 10 heteroatoms. The summed E-state index contributed by atoms with van der Waals surface area (Å²) in [5, 5.41) is 4.30. The maximum atomic E-state index is 14.0. The van der Waals surface area contributed by atoms with E-state index in [1.807, 2.05) is 6.07 Å². The molecule has 1 saturated heterocycles. The molecule has 5 rings (SSSR count). The predicted molar refractivity (Wildman–Crippen MR) is 125 cm³/mol. The minimum atomic E-state index is -4.60. The largest absolute Gasteiger partial charge is 0.417 e. The molecule has 0 radical (unpaired) electrons. The molecule has 0 aliphatic carbocycles. The van der Waals surface area contributed by atoms with Crippen LogP contribution in [0.2, 0.25) is 0 Å². The lowest BCUT2D eigenvalue weighted by Gasteiger charge is -2.26. The first-order valence-electron chi connectivity index (χ1n) is 11.5. The van der Waals surface area contributed by atoms with Crippen LogP contribution >= 0.6 is 0 Å². The Bertz CT molecular complexity index is 1380. The molecule has 1 atom stereocenters. The van der Waals surface area contributed by atoms with E-state index in [0.29, 0.717) is 24.2 Å². The van der Waals surface area contributed by atoms with Gasteiger partial charge in [-0.1, -0.05) is 29.4 Å². The van der Waals surface area contributed by atoms with Gasteiger partial charge in [-0.05, 0) is 43.5 Å². The molecule has 7 nitrogen and oxygen atoms in total. The molecule has 1 fully saturated rings. The zero-order valence-electron chi connectivity index (χ0n) is 19.5. The first kappa shape index (κ1) is 23.9. The Labute approximate surface area is 204 Å². The first-order valence-corrected chi connectivity index (χ1v) is 11.5. The van der Waals surface area contributed by atoms with E-state index in [4.69, 9.17) is 9.26 Å². The Kier molecular flexibility index (Phi) is 6.44. The van der Waals surface area contributed by atoms with Gasteiger partial charge in [-0.3, -0.25) is 9.78 Å². The average molecular weight is 496 g/mol. The van der Waals surface area contributed by atoms with E-state index in [1.165, 1.54) is 24.3 Å². The third-order valence-electron chi connectivity index (χ3n) is 6.19. The second-order valence-electron chi connectivity index (χ2n) is 8.73. The number of carbonyl (C=O) groups is 1. The maximum Gasteiger partial charge on any atom is 0.417 e. The number of benzene rings is 1. The summed E-state index contributed by atoms with van der Waals surface area (Å²) in [6.07, 6.45) is 0.319. The number of aromatic nitrogens is 3. The van der Waals surface area contributed by atoms with Crippen molar-refractivity contribution >= 4 is 17.0 Å². The van der Waals surface area contributed by atoms with Gasteiger partial charge in [0.25, 0.3) is 11.6 Å². The van der Waals surface area contributed by atoms with Crippen LogP contribution in [-0.4, -0.2) is 45.2 Å². The summed E-state index contributed by atoms with van der Waals surface area (Å²) in [5.74, 6) is -0.376. The fourth-order valence-corrected chi connectivity index (χ4v) is 4.49. The molecular formula is C26H23F3N4O3. The number of hydrogen-bond acceptors (Lipinski definition) is 6. The fraction of sp³-hybridized carbons (Fsp3) is 0.308. The van der Waals surface area contributed by atoms with Crippen LogP contribution in [0, 0.1) is 6.92 Å². The molecule has 3 aromatic heterocycles. The van der Waals surface area contributed by atoms with Gasteiger partial charge in [0.1, 0.15) is 0 Å². The summed E-state index contributed by atoms with van der Waals surface area (Å²) in [4.78, 5) is 24.1. The lowest BCUT2D eigenvalue weighted by Crippen LogP contribution is -2.37. The number of hydrogen-bond donors (Lipinski definition) is 0. The zero-order valence-corrected chi connectivity index (χ0v) is 19.5. The van der Waals surface area contributed by atoms with E-state index < -0.39 is 11.7 Å². The Balaban J connectivity index is 1.61. The topological polar surface area (TPSA) is 81.4 Å². The van der Waals surface area contributed by atoms with Gasteiger partial charge < -0.3 is 14.2 Å². The highest BCUT2D eigenvalue weighted by Crippen LogP contribution is 2.38. The number of nitrogens with zero attached hydrogens (tertiary/aromatic N) is 4. The highest BCUT2D eigenvalue weighted by Gasteiger charge is 2.34. The summed E-state index contributed by atoms with van der Waals surface area (Å²) in [7, 11) is 0. The van der Waals surface area contributed by atoms with Gasteiger partial charge in [-0.2, -0.15) is 13.2 Å². The van der Waals surface area contributed by atoms with Crippen LogP contribution in [0.15, 0.2) is 59.4 Å². The molecule has 1 unspecified atom stereocenters. The third-order valence-corrected chi connectivity index (χ3v) is 6.19. The van der Waals surface area contributed by atoms with Gasteiger partial charge in [0.2, 0.25) is 0 Å². The molecule has 1 aromatic carbocycles. The number of ether oxygens (including phenoxy) is 1. The van der Waals surface area contributed by atoms with E-state index in [-0.39, 0.29) is 41.1 Å². The van der Waals surface area contributed by atoms with Crippen LogP contribution in [0.5, 0.6) is 0 Å². The van der Waals surface area contributed by atoms with Crippen molar-refractivity contribution in [1.82, 2.24) is 20.0 Å². The summed E-state index contributed by atoms with van der Waals surface area (Å²) in [6.45, 7) is 2.88. The smallest absolute Gasteiger partial charge is 0.376 e. The van der Waals surface area contributed by atoms with E-state index in [9.17, 15) is 18.0 Å². The molecule has 0 saturated carbocycles. The van der Waals surface area contributed by atoms with Crippen molar-refractivity contribution in [2.24, 2.45) is 0 Å². The van der Waals surface area contributed by atoms with E-state index >= 15 is 0 Å². The van der Waals surface area contributed by atoms with E-state index in [0.717, 1.165) is 24.5 Å². The normalized spacial score (nSPS) is 15.9. The van der Waals surface area contributed by atoms with Gasteiger partial charge in [-0.25, -0.2) is 4.98 Å². The molecule has 0 N–H and O–H groups in total. The Morgan fingerprint density at radius 1 is 1.19 bits per heavy atom. The fourth-order valence-electron chi connectivity index (χ4n) is 4.49. The average Bonchev–Trinajstić information content (AvgIpc) is 3.52. The predicted octanol–water partition coefficient (Wildman–Crippen LogP) is 5.43. The molecule has 186 valence electrons. The summed E-state index contributed by atoms with van der Waals surface area (Å²) in [5.41, 5.74) is 0.407. The van der Waals surface area contributed by atoms with Gasteiger partial charge >= 0.3 is 6.18 Å². The van der Waals surface area contributed by atoms with Crippen molar-refractivity contribution in [3.05, 3.63) is 77.2 Å². The maximum absolute atomic E-state index is 14.0. The second kappa shape index (κ2) is 9.69. The Morgan fingerprint density at radius 2 is 2.03 bits per heavy atom. The standard InChI is InChI=1S/C26H23F3N4O3/c1-16-23-20(25(34)33(15-18-7-5-11-35-18)14-17-6-4-10-30-13-17)12-22(31-24(23)36-32-16)19-8-2-3-9-21(19)26(27,28)29/h2-4,6,8-10,12-13,18H,5,7,11,14-15H2,1H3. The lowest BCUT2D eigenvalue weighted by molar-refractivity contribution is -0.137. The quantitative estimate of drug-likeness (QED) is 0.354. The van der Waals surface area contributed by atoms with Crippen molar-refractivity contribution in [1.29, 1.82) is 0 Å². The van der Waals surface area contributed by atoms with Gasteiger partial charge in [0, 0.05) is 37.7 Å². The van der Waals surface area contributed by atoms with Crippen LogP contribution < -0.4 is 0 Å². The summed E-state index contributed by atoms with van der Waals surface area (Å²) >= 11 is 0. The molecule has 4 heterocycles. The van der Waals surface area contributed by atoms with Gasteiger partial charge in [-0.15, -0.1) is 0 Å². The molecule has 1 amide bonds. The number of aryl methyl sites for hydroxylation is 1. The van der Waals surface area contributed by atoms with Crippen LogP contribution in [0.4, 0.5) is 13.2 Å². The number of alkyl halides is 3. The van der Waals surface area contributed by atoms with Crippen molar-refractivity contribution in [2.75, 3.05) is 13.2 Å². The molecule has 36 heavy (non-hydrogen) atoms. The first-order chi connectivity index (χ1) is 17.3. The monoisotopic (exact) mass is 496 g/mol. The summed E-state index contributed by atoms with van der Waals surface area (Å²) in [6, 6.07) is 10.2. The van der Waals surface area contributed by atoms with Gasteiger partial charge in [0.15, 0.2) is 0 Å². The third kappa shape index (κ3) is 4.81. The second-order valence-corrected chi connectivity index (χ2v) is 8.73. The van der Waals surface area contributed by atoms with Crippen LogP contribution in [0.3, 0.4) is 0 Å². The molecule has 0 spiro atoms. The van der Waals surface area contributed by atoms with Crippen LogP contribution in [-0.2, 0) is 17.5 Å². The molecule has 0 bridgehead atoms. The molecule has 4 aromatic rings. The van der Waals surface area contributed by atoms with Crippen molar-refractivity contribution in [3.8, 4) is 11.3 Å². The SMILES string of the molecule is Cc1noc2nc(-c3ccccc3C(F)(F)F)cc(C(=O)N(Cc3cccnc3)CC3CCCO3)c12. The molecular weight excluding hydrogens is 473 g/mol.